The molecule has 0 atom stereocenters. The molecule has 1 aromatic heterocycles. The predicted octanol–water partition coefficient (Wildman–Crippen LogP) is 4.08. The van der Waals surface area contributed by atoms with Gasteiger partial charge in [-0.25, -0.2) is 14.2 Å². The Hall–Kier alpha value is -2.67. The van der Waals surface area contributed by atoms with Crippen LogP contribution in [0.15, 0.2) is 36.4 Å². The number of carbonyl (C=O) groups excluding carboxylic acids is 1. The number of aryl methyl sites for hydroxylation is 2. The number of nitrogens with zero attached hydrogens (tertiary/aromatic N) is 3. The van der Waals surface area contributed by atoms with E-state index in [1.807, 2.05) is 4.90 Å². The normalized spacial score (nSPS) is 14.5. The van der Waals surface area contributed by atoms with Gasteiger partial charge in [0.15, 0.2) is 5.13 Å². The highest BCUT2D eigenvalue weighted by Gasteiger charge is 2.23. The van der Waals surface area contributed by atoms with Gasteiger partial charge in [0.05, 0.1) is 10.2 Å². The van der Waals surface area contributed by atoms with Crippen molar-refractivity contribution in [2.45, 2.75) is 20.4 Å². The first-order valence-corrected chi connectivity index (χ1v) is 10.2. The van der Waals surface area contributed by atoms with Gasteiger partial charge in [0.1, 0.15) is 5.82 Å². The first kappa shape index (κ1) is 18.7. The number of fused-ring (bicyclic) bond motifs is 1. The van der Waals surface area contributed by atoms with Crippen LogP contribution in [0.1, 0.15) is 16.7 Å². The number of rotatable bonds is 3. The average Bonchev–Trinajstić information content (AvgIpc) is 3.12. The van der Waals surface area contributed by atoms with Gasteiger partial charge in [0.25, 0.3) is 0 Å². The highest BCUT2D eigenvalue weighted by Crippen LogP contribution is 2.32. The van der Waals surface area contributed by atoms with Gasteiger partial charge >= 0.3 is 6.03 Å². The Morgan fingerprint density at radius 3 is 2.57 bits per heavy atom. The van der Waals surface area contributed by atoms with E-state index in [-0.39, 0.29) is 11.8 Å². The lowest BCUT2D eigenvalue weighted by atomic mass is 10.1. The van der Waals surface area contributed by atoms with Crippen LogP contribution in [-0.2, 0) is 6.54 Å². The third-order valence-corrected chi connectivity index (χ3v) is 6.08. The second kappa shape index (κ2) is 7.75. The minimum absolute atomic E-state index is 0.0836. The summed E-state index contributed by atoms with van der Waals surface area (Å²) in [5.74, 6) is -0.272. The number of aromatic nitrogens is 1. The summed E-state index contributed by atoms with van der Waals surface area (Å²) in [6.45, 7) is 7.45. The molecule has 4 rings (SSSR count). The average molecular weight is 399 g/mol. The highest BCUT2D eigenvalue weighted by atomic mass is 32.1. The maximum atomic E-state index is 13.0. The smallest absolute Gasteiger partial charge is 0.317 e. The van der Waals surface area contributed by atoms with Gasteiger partial charge in [-0.3, -0.25) is 0 Å². The Kier molecular flexibility index (Phi) is 5.17. The summed E-state index contributed by atoms with van der Waals surface area (Å²) in [5, 5.41) is 3.93. The third-order valence-electron chi connectivity index (χ3n) is 5.01. The zero-order valence-electron chi connectivity index (χ0n) is 16.0. The van der Waals surface area contributed by atoms with Crippen molar-refractivity contribution < 1.29 is 9.18 Å². The van der Waals surface area contributed by atoms with Crippen LogP contribution in [0.25, 0.3) is 10.2 Å². The molecule has 2 heterocycles. The van der Waals surface area contributed by atoms with Crippen molar-refractivity contribution in [3.63, 3.8) is 0 Å². The largest absolute Gasteiger partial charge is 0.345 e. The second-order valence-electron chi connectivity index (χ2n) is 7.18. The molecular weight excluding hydrogens is 375 g/mol. The van der Waals surface area contributed by atoms with Crippen molar-refractivity contribution in [1.29, 1.82) is 0 Å². The molecule has 1 aliphatic rings. The number of anilines is 1. The number of halogens is 1. The zero-order valence-corrected chi connectivity index (χ0v) is 16.9. The van der Waals surface area contributed by atoms with E-state index in [9.17, 15) is 9.18 Å². The number of nitrogens with one attached hydrogen (secondary N) is 1. The van der Waals surface area contributed by atoms with Crippen molar-refractivity contribution >= 4 is 32.7 Å². The molecule has 0 radical (unpaired) electrons. The predicted molar refractivity (Wildman–Crippen MR) is 112 cm³/mol. The molecule has 0 aliphatic carbocycles. The number of piperazine rings is 1. The first-order valence-electron chi connectivity index (χ1n) is 9.39. The lowest BCUT2D eigenvalue weighted by molar-refractivity contribution is 0.194. The van der Waals surface area contributed by atoms with Gasteiger partial charge in [-0.2, -0.15) is 0 Å². The standard InChI is InChI=1S/C21H23FN4OS/c1-14-11-15(2)19-18(12-14)28-21(24-19)26-9-7-25(8-10-26)20(27)23-13-16-3-5-17(22)6-4-16/h3-6,11-12H,7-10,13H2,1-2H3,(H,23,27). The summed E-state index contributed by atoms with van der Waals surface area (Å²) in [6.07, 6.45) is 0. The molecule has 1 N–H and O–H groups in total. The Labute approximate surface area is 167 Å². The quantitative estimate of drug-likeness (QED) is 0.723. The molecule has 0 unspecified atom stereocenters. The van der Waals surface area contributed by atoms with Gasteiger partial charge in [0.2, 0.25) is 0 Å². The van der Waals surface area contributed by atoms with E-state index in [1.54, 1.807) is 23.5 Å². The van der Waals surface area contributed by atoms with Crippen molar-refractivity contribution in [3.8, 4) is 0 Å². The molecular formula is C21H23FN4OS. The van der Waals surface area contributed by atoms with Crippen molar-refractivity contribution in [3.05, 3.63) is 58.9 Å². The monoisotopic (exact) mass is 398 g/mol. The molecule has 3 aromatic rings. The van der Waals surface area contributed by atoms with Gasteiger partial charge in [0, 0.05) is 32.7 Å². The summed E-state index contributed by atoms with van der Waals surface area (Å²) in [5.41, 5.74) is 4.41. The maximum Gasteiger partial charge on any atom is 0.317 e. The van der Waals surface area contributed by atoms with E-state index in [4.69, 9.17) is 4.98 Å². The van der Waals surface area contributed by atoms with E-state index in [1.165, 1.54) is 28.0 Å². The Morgan fingerprint density at radius 1 is 1.14 bits per heavy atom. The van der Waals surface area contributed by atoms with Crippen LogP contribution < -0.4 is 10.2 Å². The zero-order chi connectivity index (χ0) is 19.7. The molecule has 1 saturated heterocycles. The van der Waals surface area contributed by atoms with Gasteiger partial charge in [-0.1, -0.05) is 29.5 Å². The number of carbonyl (C=O) groups is 1. The first-order chi connectivity index (χ1) is 13.5. The summed E-state index contributed by atoms with van der Waals surface area (Å²) < 4.78 is 14.2. The molecule has 1 aliphatic heterocycles. The summed E-state index contributed by atoms with van der Waals surface area (Å²) in [6, 6.07) is 10.4. The summed E-state index contributed by atoms with van der Waals surface area (Å²) in [7, 11) is 0. The Morgan fingerprint density at radius 2 is 1.86 bits per heavy atom. The minimum atomic E-state index is -0.272. The fourth-order valence-corrected chi connectivity index (χ4v) is 4.68. The number of amides is 2. The van der Waals surface area contributed by atoms with Crippen molar-refractivity contribution in [2.75, 3.05) is 31.1 Å². The third kappa shape index (κ3) is 3.94. The molecule has 5 nitrogen and oxygen atoms in total. The van der Waals surface area contributed by atoms with E-state index in [0.717, 1.165) is 29.3 Å². The minimum Gasteiger partial charge on any atom is -0.345 e. The van der Waals surface area contributed by atoms with E-state index in [2.05, 4.69) is 36.2 Å². The summed E-state index contributed by atoms with van der Waals surface area (Å²) >= 11 is 1.72. The van der Waals surface area contributed by atoms with Crippen LogP contribution in [0, 0.1) is 19.7 Å². The Balaban J connectivity index is 1.34. The number of benzene rings is 2. The van der Waals surface area contributed by atoms with Crippen LogP contribution in [0.4, 0.5) is 14.3 Å². The molecule has 7 heteroatoms. The summed E-state index contributed by atoms with van der Waals surface area (Å²) in [4.78, 5) is 21.3. The van der Waals surface area contributed by atoms with Crippen LogP contribution >= 0.6 is 11.3 Å². The van der Waals surface area contributed by atoms with Crippen molar-refractivity contribution in [1.82, 2.24) is 15.2 Å². The number of hydrogen-bond donors (Lipinski definition) is 1. The Bertz CT molecular complexity index is 994. The SMILES string of the molecule is Cc1cc(C)c2nc(N3CCN(C(=O)NCc4ccc(F)cc4)CC3)sc2c1. The van der Waals surface area contributed by atoms with E-state index < -0.39 is 0 Å². The number of urea groups is 1. The highest BCUT2D eigenvalue weighted by molar-refractivity contribution is 7.22. The number of hydrogen-bond acceptors (Lipinski definition) is 4. The van der Waals surface area contributed by atoms with Crippen LogP contribution in [0.5, 0.6) is 0 Å². The molecule has 2 aromatic carbocycles. The molecule has 28 heavy (non-hydrogen) atoms. The second-order valence-corrected chi connectivity index (χ2v) is 8.19. The molecule has 0 saturated carbocycles. The lowest BCUT2D eigenvalue weighted by Gasteiger charge is -2.34. The van der Waals surface area contributed by atoms with Crippen LogP contribution in [-0.4, -0.2) is 42.1 Å². The van der Waals surface area contributed by atoms with Gasteiger partial charge < -0.3 is 15.1 Å². The fourth-order valence-electron chi connectivity index (χ4n) is 3.49. The molecule has 0 spiro atoms. The lowest BCUT2D eigenvalue weighted by Crippen LogP contribution is -2.51. The molecule has 2 amide bonds. The van der Waals surface area contributed by atoms with Crippen LogP contribution in [0.3, 0.4) is 0 Å². The number of thiazole rings is 1. The maximum absolute atomic E-state index is 13.0. The molecule has 1 fully saturated rings. The van der Waals surface area contributed by atoms with Crippen molar-refractivity contribution in [2.24, 2.45) is 0 Å². The molecule has 146 valence electrons. The fraction of sp³-hybridized carbons (Fsp3) is 0.333. The van der Waals surface area contributed by atoms with E-state index in [0.29, 0.717) is 19.6 Å². The van der Waals surface area contributed by atoms with Gasteiger partial charge in [-0.15, -0.1) is 0 Å². The molecule has 0 bridgehead atoms. The van der Waals surface area contributed by atoms with Crippen LogP contribution in [0.2, 0.25) is 0 Å². The van der Waals surface area contributed by atoms with E-state index >= 15 is 0 Å². The van der Waals surface area contributed by atoms with Gasteiger partial charge in [-0.05, 0) is 48.7 Å². The topological polar surface area (TPSA) is 48.5 Å².